The summed E-state index contributed by atoms with van der Waals surface area (Å²) in [4.78, 5) is 15.7. The number of nitrogens with one attached hydrogen (secondary N) is 1. The maximum absolute atomic E-state index is 11.7. The monoisotopic (exact) mass is 209 g/mol. The molecule has 1 aliphatic carbocycles. The number of nitrogens with zero attached hydrogens (tertiary/aromatic N) is 3. The normalized spacial score (nSPS) is 17.5. The van der Waals surface area contributed by atoms with E-state index in [9.17, 15) is 4.79 Å². The SMILES string of the molecule is Cn1cnc(CNC(=O)C2(CN)CC2)n1. The van der Waals surface area contributed by atoms with E-state index in [4.69, 9.17) is 5.73 Å². The van der Waals surface area contributed by atoms with Crippen LogP contribution in [-0.2, 0) is 18.4 Å². The van der Waals surface area contributed by atoms with Crippen LogP contribution in [0.3, 0.4) is 0 Å². The van der Waals surface area contributed by atoms with Crippen LogP contribution in [0.1, 0.15) is 18.7 Å². The van der Waals surface area contributed by atoms with Crippen LogP contribution in [0, 0.1) is 5.41 Å². The van der Waals surface area contributed by atoms with Crippen molar-refractivity contribution < 1.29 is 4.79 Å². The Bertz CT molecular complexity index is 368. The van der Waals surface area contributed by atoms with E-state index in [1.165, 1.54) is 0 Å². The van der Waals surface area contributed by atoms with Gasteiger partial charge in [-0.15, -0.1) is 0 Å². The van der Waals surface area contributed by atoms with E-state index in [1.54, 1.807) is 18.1 Å². The van der Waals surface area contributed by atoms with Crippen molar-refractivity contribution in [3.05, 3.63) is 12.2 Å². The Balaban J connectivity index is 1.86. The Morgan fingerprint density at radius 3 is 2.93 bits per heavy atom. The highest BCUT2D eigenvalue weighted by Crippen LogP contribution is 2.44. The number of hydrogen-bond donors (Lipinski definition) is 2. The van der Waals surface area contributed by atoms with Crippen molar-refractivity contribution in [1.82, 2.24) is 20.1 Å². The number of aryl methyl sites for hydroxylation is 1. The number of carbonyl (C=O) groups excluding carboxylic acids is 1. The van der Waals surface area contributed by atoms with Crippen molar-refractivity contribution >= 4 is 5.91 Å². The molecule has 1 amide bonds. The second kappa shape index (κ2) is 3.62. The molecule has 6 heteroatoms. The van der Waals surface area contributed by atoms with E-state index in [0.717, 1.165) is 12.8 Å². The van der Waals surface area contributed by atoms with Gasteiger partial charge in [0, 0.05) is 13.6 Å². The Labute approximate surface area is 87.9 Å². The predicted octanol–water partition coefficient (Wildman–Crippen LogP) is -0.830. The highest BCUT2D eigenvalue weighted by atomic mass is 16.2. The van der Waals surface area contributed by atoms with Gasteiger partial charge in [-0.1, -0.05) is 0 Å². The van der Waals surface area contributed by atoms with Gasteiger partial charge >= 0.3 is 0 Å². The molecule has 1 aromatic heterocycles. The molecule has 0 bridgehead atoms. The van der Waals surface area contributed by atoms with Crippen molar-refractivity contribution in [2.24, 2.45) is 18.2 Å². The van der Waals surface area contributed by atoms with Crippen LogP contribution in [0.15, 0.2) is 6.33 Å². The summed E-state index contributed by atoms with van der Waals surface area (Å²) in [6, 6.07) is 0. The minimum Gasteiger partial charge on any atom is -0.348 e. The first kappa shape index (κ1) is 10.1. The van der Waals surface area contributed by atoms with E-state index in [1.807, 2.05) is 0 Å². The molecule has 0 radical (unpaired) electrons. The van der Waals surface area contributed by atoms with Crippen LogP contribution < -0.4 is 11.1 Å². The molecule has 0 spiro atoms. The first-order chi connectivity index (χ1) is 7.16. The molecule has 82 valence electrons. The quantitative estimate of drug-likeness (QED) is 0.677. The van der Waals surface area contributed by atoms with Gasteiger partial charge in [0.15, 0.2) is 5.82 Å². The number of nitrogens with two attached hydrogens (primary N) is 1. The summed E-state index contributed by atoms with van der Waals surface area (Å²) in [5, 5.41) is 6.88. The van der Waals surface area contributed by atoms with Gasteiger partial charge < -0.3 is 11.1 Å². The van der Waals surface area contributed by atoms with Gasteiger partial charge in [0.2, 0.25) is 5.91 Å². The van der Waals surface area contributed by atoms with Crippen LogP contribution in [0.2, 0.25) is 0 Å². The Morgan fingerprint density at radius 2 is 2.47 bits per heavy atom. The minimum absolute atomic E-state index is 0.0254. The average Bonchev–Trinajstić information content (AvgIpc) is 2.93. The molecular formula is C9H15N5O. The van der Waals surface area contributed by atoms with E-state index in [2.05, 4.69) is 15.4 Å². The van der Waals surface area contributed by atoms with Gasteiger partial charge in [-0.25, -0.2) is 4.98 Å². The van der Waals surface area contributed by atoms with Crippen molar-refractivity contribution in [2.45, 2.75) is 19.4 Å². The maximum Gasteiger partial charge on any atom is 0.227 e. The highest BCUT2D eigenvalue weighted by molar-refractivity contribution is 5.85. The standard InChI is InChI=1S/C9H15N5O/c1-14-6-12-7(13-14)4-11-8(15)9(5-10)2-3-9/h6H,2-5,10H2,1H3,(H,11,15). The van der Waals surface area contributed by atoms with Crippen LogP contribution in [0.5, 0.6) is 0 Å². The molecule has 1 aromatic rings. The van der Waals surface area contributed by atoms with E-state index < -0.39 is 0 Å². The molecule has 0 aliphatic heterocycles. The highest BCUT2D eigenvalue weighted by Gasteiger charge is 2.48. The zero-order valence-corrected chi connectivity index (χ0v) is 8.73. The second-order valence-corrected chi connectivity index (χ2v) is 4.00. The van der Waals surface area contributed by atoms with E-state index in [0.29, 0.717) is 18.9 Å². The van der Waals surface area contributed by atoms with Gasteiger partial charge in [-0.05, 0) is 12.8 Å². The molecule has 1 saturated carbocycles. The van der Waals surface area contributed by atoms with Gasteiger partial charge in [-0.2, -0.15) is 5.10 Å². The van der Waals surface area contributed by atoms with Crippen molar-refractivity contribution in [3.63, 3.8) is 0 Å². The molecule has 6 nitrogen and oxygen atoms in total. The number of hydrogen-bond acceptors (Lipinski definition) is 4. The molecule has 15 heavy (non-hydrogen) atoms. The zero-order valence-electron chi connectivity index (χ0n) is 8.73. The van der Waals surface area contributed by atoms with Crippen LogP contribution >= 0.6 is 0 Å². The third kappa shape index (κ3) is 1.99. The number of amides is 1. The number of aromatic nitrogens is 3. The largest absolute Gasteiger partial charge is 0.348 e. The third-order valence-corrected chi connectivity index (χ3v) is 2.78. The molecule has 1 fully saturated rings. The van der Waals surface area contributed by atoms with Crippen molar-refractivity contribution in [3.8, 4) is 0 Å². The van der Waals surface area contributed by atoms with Crippen molar-refractivity contribution in [1.29, 1.82) is 0 Å². The molecule has 0 unspecified atom stereocenters. The molecule has 0 atom stereocenters. The smallest absolute Gasteiger partial charge is 0.227 e. The minimum atomic E-state index is -0.297. The van der Waals surface area contributed by atoms with Gasteiger partial charge in [0.25, 0.3) is 0 Å². The summed E-state index contributed by atoms with van der Waals surface area (Å²) in [5.74, 6) is 0.649. The summed E-state index contributed by atoms with van der Waals surface area (Å²) in [5.41, 5.74) is 5.25. The lowest BCUT2D eigenvalue weighted by atomic mass is 10.1. The zero-order chi connectivity index (χ0) is 10.9. The molecule has 1 aliphatic rings. The first-order valence-corrected chi connectivity index (χ1v) is 4.99. The third-order valence-electron chi connectivity index (χ3n) is 2.78. The van der Waals surface area contributed by atoms with Crippen LogP contribution in [0.4, 0.5) is 0 Å². The van der Waals surface area contributed by atoms with E-state index >= 15 is 0 Å². The summed E-state index contributed by atoms with van der Waals surface area (Å²) in [7, 11) is 1.79. The predicted molar refractivity (Wildman–Crippen MR) is 53.6 cm³/mol. The fourth-order valence-corrected chi connectivity index (χ4v) is 1.49. The maximum atomic E-state index is 11.7. The second-order valence-electron chi connectivity index (χ2n) is 4.00. The molecular weight excluding hydrogens is 194 g/mol. The lowest BCUT2D eigenvalue weighted by Crippen LogP contribution is -2.36. The van der Waals surface area contributed by atoms with Gasteiger partial charge in [-0.3, -0.25) is 9.48 Å². The summed E-state index contributed by atoms with van der Waals surface area (Å²) >= 11 is 0. The van der Waals surface area contributed by atoms with Gasteiger partial charge in [0.05, 0.1) is 12.0 Å². The molecule has 3 N–H and O–H groups in total. The topological polar surface area (TPSA) is 85.8 Å². The average molecular weight is 209 g/mol. The fraction of sp³-hybridized carbons (Fsp3) is 0.667. The number of carbonyl (C=O) groups is 1. The van der Waals surface area contributed by atoms with Gasteiger partial charge in [0.1, 0.15) is 6.33 Å². The van der Waals surface area contributed by atoms with E-state index in [-0.39, 0.29) is 11.3 Å². The lowest BCUT2D eigenvalue weighted by Gasteiger charge is -2.11. The molecule has 0 saturated heterocycles. The number of rotatable bonds is 4. The molecule has 0 aromatic carbocycles. The Morgan fingerprint density at radius 1 is 1.73 bits per heavy atom. The fourth-order valence-electron chi connectivity index (χ4n) is 1.49. The van der Waals surface area contributed by atoms with Crippen LogP contribution in [0.25, 0.3) is 0 Å². The Kier molecular flexibility index (Phi) is 2.44. The summed E-state index contributed by atoms with van der Waals surface area (Å²) in [6.45, 7) is 0.801. The van der Waals surface area contributed by atoms with Crippen LogP contribution in [-0.4, -0.2) is 27.2 Å². The molecule has 1 heterocycles. The lowest BCUT2D eigenvalue weighted by molar-refractivity contribution is -0.126. The molecule has 2 rings (SSSR count). The Hall–Kier alpha value is -1.43. The first-order valence-electron chi connectivity index (χ1n) is 4.99. The summed E-state index contributed by atoms with van der Waals surface area (Å²) in [6.07, 6.45) is 3.40. The van der Waals surface area contributed by atoms with Crippen molar-refractivity contribution in [2.75, 3.05) is 6.54 Å². The summed E-state index contributed by atoms with van der Waals surface area (Å²) < 4.78 is 1.61.